The van der Waals surface area contributed by atoms with E-state index in [2.05, 4.69) is 60.9 Å². The summed E-state index contributed by atoms with van der Waals surface area (Å²) in [5, 5.41) is 0. The molecule has 0 radical (unpaired) electrons. The van der Waals surface area contributed by atoms with E-state index in [0.717, 1.165) is 5.71 Å². The minimum atomic E-state index is -0.172. The Hall–Kier alpha value is -1.38. The zero-order valence-electron chi connectivity index (χ0n) is 10.2. The lowest BCUT2D eigenvalue weighted by atomic mass is 9.78. The summed E-state index contributed by atoms with van der Waals surface area (Å²) in [5.41, 5.74) is 0.721. The Bertz CT molecular complexity index is 470. The maximum atomic E-state index is 4.63. The summed E-state index contributed by atoms with van der Waals surface area (Å²) in [6.45, 7) is 8.82. The van der Waals surface area contributed by atoms with Gasteiger partial charge in [-0.25, -0.2) is 0 Å². The van der Waals surface area contributed by atoms with Crippen molar-refractivity contribution in [3.8, 4) is 0 Å². The molecule has 0 aliphatic carbocycles. The largest absolute Gasteiger partial charge is 0.355 e. The summed E-state index contributed by atoms with van der Waals surface area (Å²) in [6.07, 6.45) is 10.3. The van der Waals surface area contributed by atoms with Gasteiger partial charge in [0.25, 0.3) is 0 Å². The molecule has 0 saturated carbocycles. The van der Waals surface area contributed by atoms with Gasteiger partial charge in [-0.15, -0.1) is 0 Å². The smallest absolute Gasteiger partial charge is 0.110 e. The highest BCUT2D eigenvalue weighted by atomic mass is 15.3. The summed E-state index contributed by atoms with van der Waals surface area (Å²) in [4.78, 5) is 11.5. The van der Waals surface area contributed by atoms with E-state index >= 15 is 0 Å². The van der Waals surface area contributed by atoms with Gasteiger partial charge in [0.05, 0.1) is 11.3 Å². The molecule has 3 heteroatoms. The Morgan fingerprint density at radius 2 is 1.88 bits per heavy atom. The molecule has 2 atom stereocenters. The van der Waals surface area contributed by atoms with Crippen molar-refractivity contribution in [2.45, 2.75) is 44.3 Å². The van der Waals surface area contributed by atoms with Gasteiger partial charge in [0, 0.05) is 12.4 Å². The standard InChI is InChI=1S/C13H17N3/c1-11(2)5-7-14-10-9-15-12(3)6-8-16(11)13(10,12)4/h5-9H,1-4H3. The summed E-state index contributed by atoms with van der Waals surface area (Å²) >= 11 is 0. The van der Waals surface area contributed by atoms with E-state index in [0.29, 0.717) is 0 Å². The molecule has 0 saturated heterocycles. The second kappa shape index (κ2) is 2.47. The lowest BCUT2D eigenvalue weighted by Gasteiger charge is -2.47. The van der Waals surface area contributed by atoms with E-state index in [9.17, 15) is 0 Å². The molecule has 3 nitrogen and oxygen atoms in total. The number of hydrogen-bond donors (Lipinski definition) is 0. The van der Waals surface area contributed by atoms with Gasteiger partial charge in [-0.3, -0.25) is 9.98 Å². The van der Waals surface area contributed by atoms with Crippen LogP contribution in [0, 0.1) is 0 Å². The molecule has 0 aromatic carbocycles. The Balaban J connectivity index is 2.25. The van der Waals surface area contributed by atoms with Crippen molar-refractivity contribution in [1.29, 1.82) is 0 Å². The van der Waals surface area contributed by atoms with Gasteiger partial charge in [-0.05, 0) is 46.0 Å². The lowest BCUT2D eigenvalue weighted by molar-refractivity contribution is 0.128. The normalized spacial score (nSPS) is 42.2. The SMILES string of the molecule is CC1(C)C=CN=C2C=NC3(C)C=CN1C23C. The summed E-state index contributed by atoms with van der Waals surface area (Å²) in [5.74, 6) is 0. The Morgan fingerprint density at radius 1 is 1.12 bits per heavy atom. The molecule has 3 aliphatic rings. The highest BCUT2D eigenvalue weighted by molar-refractivity contribution is 6.37. The van der Waals surface area contributed by atoms with Gasteiger partial charge in [-0.1, -0.05) is 0 Å². The quantitative estimate of drug-likeness (QED) is 0.608. The molecule has 2 unspecified atom stereocenters. The minimum absolute atomic E-state index is 0.0258. The molecule has 3 rings (SSSR count). The van der Waals surface area contributed by atoms with Crippen LogP contribution in [0.5, 0.6) is 0 Å². The fraction of sp³-hybridized carbons (Fsp3) is 0.538. The van der Waals surface area contributed by atoms with Crippen molar-refractivity contribution in [2.75, 3.05) is 0 Å². The molecule has 84 valence electrons. The topological polar surface area (TPSA) is 28.0 Å². The molecule has 0 spiro atoms. The highest BCUT2D eigenvalue weighted by Crippen LogP contribution is 2.47. The van der Waals surface area contributed by atoms with Gasteiger partial charge in [0.1, 0.15) is 11.1 Å². The van der Waals surface area contributed by atoms with Gasteiger partial charge < -0.3 is 4.90 Å². The van der Waals surface area contributed by atoms with Crippen LogP contribution < -0.4 is 0 Å². The molecule has 3 aliphatic heterocycles. The number of aliphatic imine (C=N–C) groups is 2. The third-order valence-electron chi connectivity index (χ3n) is 4.29. The Kier molecular flexibility index (Phi) is 1.52. The summed E-state index contributed by atoms with van der Waals surface area (Å²) in [7, 11) is 0. The van der Waals surface area contributed by atoms with Crippen LogP contribution in [-0.4, -0.2) is 33.4 Å². The lowest BCUT2D eigenvalue weighted by Crippen LogP contribution is -2.61. The van der Waals surface area contributed by atoms with E-state index in [4.69, 9.17) is 0 Å². The molecule has 0 aromatic heterocycles. The molecular weight excluding hydrogens is 198 g/mol. The van der Waals surface area contributed by atoms with Crippen LogP contribution in [-0.2, 0) is 0 Å². The van der Waals surface area contributed by atoms with Crippen LogP contribution >= 0.6 is 0 Å². The molecule has 0 fully saturated rings. The third-order valence-corrected chi connectivity index (χ3v) is 4.29. The highest BCUT2D eigenvalue weighted by Gasteiger charge is 2.59. The van der Waals surface area contributed by atoms with Crippen molar-refractivity contribution in [3.63, 3.8) is 0 Å². The van der Waals surface area contributed by atoms with Gasteiger partial charge in [0.2, 0.25) is 0 Å². The zero-order valence-corrected chi connectivity index (χ0v) is 10.2. The fourth-order valence-corrected chi connectivity index (χ4v) is 2.95. The first-order valence-corrected chi connectivity index (χ1v) is 5.70. The van der Waals surface area contributed by atoms with Crippen LogP contribution in [0.2, 0.25) is 0 Å². The zero-order chi connectivity index (χ0) is 11.6. The Morgan fingerprint density at radius 3 is 2.62 bits per heavy atom. The van der Waals surface area contributed by atoms with E-state index in [1.165, 1.54) is 0 Å². The number of nitrogens with zero attached hydrogens (tertiary/aromatic N) is 3. The minimum Gasteiger partial charge on any atom is -0.355 e. The predicted octanol–water partition coefficient (Wildman–Crippen LogP) is 2.16. The van der Waals surface area contributed by atoms with E-state index in [-0.39, 0.29) is 16.6 Å². The van der Waals surface area contributed by atoms with E-state index in [1.54, 1.807) is 0 Å². The van der Waals surface area contributed by atoms with Crippen LogP contribution in [0.25, 0.3) is 0 Å². The third kappa shape index (κ3) is 0.856. The molecular formula is C13H17N3. The van der Waals surface area contributed by atoms with E-state index < -0.39 is 0 Å². The van der Waals surface area contributed by atoms with Crippen molar-refractivity contribution >= 4 is 11.9 Å². The average molecular weight is 215 g/mol. The van der Waals surface area contributed by atoms with Gasteiger partial charge in [-0.2, -0.15) is 0 Å². The maximum Gasteiger partial charge on any atom is 0.110 e. The monoisotopic (exact) mass is 215 g/mol. The van der Waals surface area contributed by atoms with Crippen LogP contribution in [0.15, 0.2) is 34.5 Å². The average Bonchev–Trinajstić information content (AvgIpc) is 2.52. The summed E-state index contributed by atoms with van der Waals surface area (Å²) < 4.78 is 0. The van der Waals surface area contributed by atoms with Crippen LogP contribution in [0.4, 0.5) is 0 Å². The fourth-order valence-electron chi connectivity index (χ4n) is 2.95. The molecule has 16 heavy (non-hydrogen) atoms. The summed E-state index contributed by atoms with van der Waals surface area (Å²) in [6, 6.07) is 0. The van der Waals surface area contributed by atoms with Crippen molar-refractivity contribution in [3.05, 3.63) is 24.6 Å². The second-order valence-corrected chi connectivity index (χ2v) is 5.65. The maximum absolute atomic E-state index is 4.63. The molecule has 0 aromatic rings. The Labute approximate surface area is 96.3 Å². The number of rotatable bonds is 0. The molecule has 3 heterocycles. The van der Waals surface area contributed by atoms with Crippen LogP contribution in [0.1, 0.15) is 27.7 Å². The van der Waals surface area contributed by atoms with Gasteiger partial charge in [0.15, 0.2) is 0 Å². The molecule has 0 bridgehead atoms. The number of hydrogen-bond acceptors (Lipinski definition) is 3. The van der Waals surface area contributed by atoms with Crippen LogP contribution in [0.3, 0.4) is 0 Å². The molecule has 0 N–H and O–H groups in total. The first-order chi connectivity index (χ1) is 7.40. The second-order valence-electron chi connectivity index (χ2n) is 5.65. The predicted molar refractivity (Wildman–Crippen MR) is 66.9 cm³/mol. The van der Waals surface area contributed by atoms with Crippen molar-refractivity contribution in [1.82, 2.24) is 4.90 Å². The first-order valence-electron chi connectivity index (χ1n) is 5.70. The van der Waals surface area contributed by atoms with Gasteiger partial charge >= 0.3 is 0 Å². The van der Waals surface area contributed by atoms with Crippen molar-refractivity contribution in [2.24, 2.45) is 9.98 Å². The first kappa shape index (κ1) is 9.82. The van der Waals surface area contributed by atoms with E-state index in [1.807, 2.05) is 12.4 Å². The van der Waals surface area contributed by atoms with Crippen molar-refractivity contribution < 1.29 is 0 Å². The molecule has 0 amide bonds.